The van der Waals surface area contributed by atoms with Gasteiger partial charge in [-0.2, -0.15) is 0 Å². The smallest absolute Gasteiger partial charge is 0.149 e. The predicted molar refractivity (Wildman–Crippen MR) is 54.4 cm³/mol. The van der Waals surface area contributed by atoms with Gasteiger partial charge >= 0.3 is 0 Å². The number of hydrogen-bond acceptors (Lipinski definition) is 4. The first-order valence-electron chi connectivity index (χ1n) is 4.45. The number of aromatic nitrogens is 2. The predicted octanol–water partition coefficient (Wildman–Crippen LogP) is 1.52. The molecule has 13 heavy (non-hydrogen) atoms. The van der Waals surface area contributed by atoms with Gasteiger partial charge in [0.2, 0.25) is 0 Å². The summed E-state index contributed by atoms with van der Waals surface area (Å²) in [5, 5.41) is 10.9. The van der Waals surface area contributed by atoms with Gasteiger partial charge in [0.15, 0.2) is 0 Å². The maximum atomic E-state index is 5.42. The van der Waals surface area contributed by atoms with E-state index in [1.54, 1.807) is 6.07 Å². The second kappa shape index (κ2) is 4.07. The van der Waals surface area contributed by atoms with E-state index in [1.165, 1.54) is 0 Å². The number of rotatable bonds is 3. The van der Waals surface area contributed by atoms with Crippen LogP contribution in [0.1, 0.15) is 20.8 Å². The van der Waals surface area contributed by atoms with E-state index in [0.29, 0.717) is 17.8 Å². The average Bonchev–Trinajstić information content (AvgIpc) is 2.08. The van der Waals surface area contributed by atoms with Gasteiger partial charge < -0.3 is 11.1 Å². The molecule has 1 aromatic heterocycles. The Hall–Kier alpha value is -1.32. The summed E-state index contributed by atoms with van der Waals surface area (Å²) in [5.74, 6) is 1.79. The van der Waals surface area contributed by atoms with E-state index in [2.05, 4.69) is 36.3 Å². The van der Waals surface area contributed by atoms with E-state index in [1.807, 2.05) is 6.07 Å². The lowest BCUT2D eigenvalue weighted by Gasteiger charge is -2.17. The van der Waals surface area contributed by atoms with Crippen molar-refractivity contribution in [2.24, 2.45) is 5.92 Å². The lowest BCUT2D eigenvalue weighted by Crippen LogP contribution is -2.22. The first-order chi connectivity index (χ1) is 6.09. The Morgan fingerprint density at radius 2 is 1.92 bits per heavy atom. The Balaban J connectivity index is 2.59. The third kappa shape index (κ3) is 2.89. The zero-order valence-electron chi connectivity index (χ0n) is 8.28. The fourth-order valence-corrected chi connectivity index (χ4v) is 0.819. The van der Waals surface area contributed by atoms with Crippen LogP contribution in [0.15, 0.2) is 12.1 Å². The number of anilines is 2. The van der Waals surface area contributed by atoms with Crippen molar-refractivity contribution in [3.05, 3.63) is 12.1 Å². The van der Waals surface area contributed by atoms with Gasteiger partial charge in [0.1, 0.15) is 11.6 Å². The molecule has 1 unspecified atom stereocenters. The fraction of sp³-hybridized carbons (Fsp3) is 0.556. The highest BCUT2D eigenvalue weighted by Gasteiger charge is 2.06. The van der Waals surface area contributed by atoms with Crippen LogP contribution < -0.4 is 11.1 Å². The summed E-state index contributed by atoms with van der Waals surface area (Å²) in [6, 6.07) is 3.96. The van der Waals surface area contributed by atoms with Crippen LogP contribution in [-0.2, 0) is 0 Å². The first kappa shape index (κ1) is 9.77. The largest absolute Gasteiger partial charge is 0.382 e. The monoisotopic (exact) mass is 180 g/mol. The average molecular weight is 180 g/mol. The van der Waals surface area contributed by atoms with E-state index in [4.69, 9.17) is 5.73 Å². The van der Waals surface area contributed by atoms with Crippen molar-refractivity contribution in [2.45, 2.75) is 26.8 Å². The standard InChI is InChI=1S/C9H16N4/c1-6(2)7(3)11-9-5-4-8(10)12-13-9/h4-7H,1-3H3,(H2,10,12)(H,11,13). The third-order valence-corrected chi connectivity index (χ3v) is 2.06. The van der Waals surface area contributed by atoms with Crippen molar-refractivity contribution < 1.29 is 0 Å². The molecule has 72 valence electrons. The summed E-state index contributed by atoms with van der Waals surface area (Å²) < 4.78 is 0. The van der Waals surface area contributed by atoms with Crippen molar-refractivity contribution in [1.82, 2.24) is 10.2 Å². The Kier molecular flexibility index (Phi) is 3.06. The van der Waals surface area contributed by atoms with Gasteiger partial charge in [-0.15, -0.1) is 10.2 Å². The maximum absolute atomic E-state index is 5.42. The number of nitrogens with zero attached hydrogens (tertiary/aromatic N) is 2. The molecule has 1 aromatic rings. The topological polar surface area (TPSA) is 63.8 Å². The molecule has 0 aliphatic rings. The van der Waals surface area contributed by atoms with Crippen molar-refractivity contribution in [3.63, 3.8) is 0 Å². The Labute approximate surface area is 78.6 Å². The van der Waals surface area contributed by atoms with Crippen LogP contribution in [-0.4, -0.2) is 16.2 Å². The van der Waals surface area contributed by atoms with E-state index in [9.17, 15) is 0 Å². The van der Waals surface area contributed by atoms with Gasteiger partial charge in [-0.1, -0.05) is 13.8 Å². The van der Waals surface area contributed by atoms with E-state index in [-0.39, 0.29) is 0 Å². The third-order valence-electron chi connectivity index (χ3n) is 2.06. The molecule has 0 radical (unpaired) electrons. The molecule has 1 atom stereocenters. The molecule has 0 amide bonds. The second-order valence-electron chi connectivity index (χ2n) is 3.52. The molecule has 4 nitrogen and oxygen atoms in total. The zero-order chi connectivity index (χ0) is 9.84. The van der Waals surface area contributed by atoms with E-state index in [0.717, 1.165) is 5.82 Å². The molecular weight excluding hydrogens is 164 g/mol. The van der Waals surface area contributed by atoms with Crippen LogP contribution in [0.3, 0.4) is 0 Å². The first-order valence-corrected chi connectivity index (χ1v) is 4.45. The van der Waals surface area contributed by atoms with Crippen molar-refractivity contribution in [1.29, 1.82) is 0 Å². The van der Waals surface area contributed by atoms with Gasteiger partial charge in [-0.3, -0.25) is 0 Å². The number of hydrogen-bond donors (Lipinski definition) is 2. The molecule has 0 aromatic carbocycles. The second-order valence-corrected chi connectivity index (χ2v) is 3.52. The van der Waals surface area contributed by atoms with Crippen molar-refractivity contribution in [2.75, 3.05) is 11.1 Å². The summed E-state index contributed by atoms with van der Waals surface area (Å²) >= 11 is 0. The summed E-state index contributed by atoms with van der Waals surface area (Å²) in [7, 11) is 0. The Bertz CT molecular complexity index is 255. The number of nitrogens with two attached hydrogens (primary N) is 1. The number of nitrogen functional groups attached to an aromatic ring is 1. The summed E-state index contributed by atoms with van der Waals surface area (Å²) in [4.78, 5) is 0. The highest BCUT2D eigenvalue weighted by atomic mass is 15.2. The van der Waals surface area contributed by atoms with Gasteiger partial charge in [0.05, 0.1) is 0 Å². The van der Waals surface area contributed by atoms with Crippen molar-refractivity contribution in [3.8, 4) is 0 Å². The maximum Gasteiger partial charge on any atom is 0.149 e. The van der Waals surface area contributed by atoms with Crippen LogP contribution in [0.25, 0.3) is 0 Å². The molecular formula is C9H16N4. The minimum absolute atomic E-state index is 0.387. The van der Waals surface area contributed by atoms with Crippen LogP contribution in [0.5, 0.6) is 0 Å². The van der Waals surface area contributed by atoms with Gasteiger partial charge in [-0.25, -0.2) is 0 Å². The quantitative estimate of drug-likeness (QED) is 0.740. The molecule has 0 bridgehead atoms. The molecule has 0 saturated carbocycles. The minimum Gasteiger partial charge on any atom is -0.382 e. The highest BCUT2D eigenvalue weighted by molar-refractivity contribution is 5.38. The summed E-state index contributed by atoms with van der Waals surface area (Å²) in [6.07, 6.45) is 0. The minimum atomic E-state index is 0.387. The van der Waals surface area contributed by atoms with Crippen LogP contribution in [0, 0.1) is 5.92 Å². The molecule has 4 heteroatoms. The Morgan fingerprint density at radius 3 is 2.38 bits per heavy atom. The molecule has 3 N–H and O–H groups in total. The molecule has 1 heterocycles. The number of nitrogens with one attached hydrogen (secondary N) is 1. The Morgan fingerprint density at radius 1 is 1.23 bits per heavy atom. The van der Waals surface area contributed by atoms with Gasteiger partial charge in [0, 0.05) is 6.04 Å². The lowest BCUT2D eigenvalue weighted by atomic mass is 10.1. The molecule has 0 spiro atoms. The molecule has 0 aliphatic carbocycles. The summed E-state index contributed by atoms with van der Waals surface area (Å²) in [6.45, 7) is 6.42. The van der Waals surface area contributed by atoms with Gasteiger partial charge in [0.25, 0.3) is 0 Å². The molecule has 0 aliphatic heterocycles. The molecule has 0 saturated heterocycles. The van der Waals surface area contributed by atoms with Gasteiger partial charge in [-0.05, 0) is 25.0 Å². The zero-order valence-corrected chi connectivity index (χ0v) is 8.28. The van der Waals surface area contributed by atoms with Crippen LogP contribution in [0.4, 0.5) is 11.6 Å². The molecule has 1 rings (SSSR count). The molecule has 0 fully saturated rings. The summed E-state index contributed by atoms with van der Waals surface area (Å²) in [5.41, 5.74) is 5.42. The SMILES string of the molecule is CC(C)C(C)Nc1ccc(N)nn1. The van der Waals surface area contributed by atoms with Crippen LogP contribution >= 0.6 is 0 Å². The lowest BCUT2D eigenvalue weighted by molar-refractivity contribution is 0.557. The fourth-order valence-electron chi connectivity index (χ4n) is 0.819. The van der Waals surface area contributed by atoms with E-state index >= 15 is 0 Å². The highest BCUT2D eigenvalue weighted by Crippen LogP contribution is 2.09. The van der Waals surface area contributed by atoms with Crippen molar-refractivity contribution >= 4 is 11.6 Å². The normalized spacial score (nSPS) is 12.9. The van der Waals surface area contributed by atoms with E-state index < -0.39 is 0 Å². The van der Waals surface area contributed by atoms with Crippen LogP contribution in [0.2, 0.25) is 0 Å².